The van der Waals surface area contributed by atoms with Gasteiger partial charge >= 0.3 is 6.09 Å². The number of nitrogens with one attached hydrogen (secondary N) is 2. The molecule has 2 N–H and O–H groups in total. The van der Waals surface area contributed by atoms with E-state index in [1.807, 2.05) is 30.3 Å². The Balaban J connectivity index is 2.60. The fourth-order valence-corrected chi connectivity index (χ4v) is 1.86. The molecule has 19 heavy (non-hydrogen) atoms. The Morgan fingerprint density at radius 1 is 1.32 bits per heavy atom. The summed E-state index contributed by atoms with van der Waals surface area (Å²) in [6.45, 7) is 5.09. The van der Waals surface area contributed by atoms with Gasteiger partial charge in [-0.1, -0.05) is 42.5 Å². The van der Waals surface area contributed by atoms with E-state index in [1.54, 1.807) is 20.8 Å². The van der Waals surface area contributed by atoms with Crippen molar-refractivity contribution in [1.82, 2.24) is 5.32 Å². The summed E-state index contributed by atoms with van der Waals surface area (Å²) in [7, 11) is 0. The molecule has 0 heterocycles. The molecular weight excluding hydrogens is 260 g/mol. The van der Waals surface area contributed by atoms with Crippen LogP contribution in [0.25, 0.3) is 0 Å². The number of ether oxygens (including phenoxy) is 1. The molecule has 0 aliphatic heterocycles. The molecule has 0 bridgehead atoms. The number of benzene rings is 1. The fraction of sp³-hybridized carbons (Fsp3) is 0.357. The molecule has 1 aromatic carbocycles. The van der Waals surface area contributed by atoms with Crippen molar-refractivity contribution < 1.29 is 9.53 Å². The second kappa shape index (κ2) is 6.99. The number of hydrogen-bond donors (Lipinski definition) is 2. The Bertz CT molecular complexity index is 460. The standard InChI is InChI=1S/C14H18N2O2S/c1-9(15)13(11(3)19)16-14(17)18-10(2)12-7-5-4-6-8-12/h4-8,10,13,15H,1-3H3,(H,16,17). The minimum atomic E-state index is -0.572. The predicted octanol–water partition coefficient (Wildman–Crippen LogP) is 3.27. The van der Waals surface area contributed by atoms with Crippen LogP contribution in [0.2, 0.25) is 0 Å². The summed E-state index contributed by atoms with van der Waals surface area (Å²) < 4.78 is 5.26. The maximum Gasteiger partial charge on any atom is 0.408 e. The van der Waals surface area contributed by atoms with Gasteiger partial charge in [-0.15, -0.1) is 0 Å². The summed E-state index contributed by atoms with van der Waals surface area (Å²) in [4.78, 5) is 12.3. The molecule has 2 unspecified atom stereocenters. The zero-order valence-corrected chi connectivity index (χ0v) is 12.1. The lowest BCUT2D eigenvalue weighted by molar-refractivity contribution is 0.107. The largest absolute Gasteiger partial charge is 0.442 e. The van der Waals surface area contributed by atoms with Crippen molar-refractivity contribution in [2.45, 2.75) is 32.9 Å². The molecule has 4 nitrogen and oxygen atoms in total. The minimum Gasteiger partial charge on any atom is -0.442 e. The normalized spacial score (nSPS) is 13.2. The molecule has 1 aromatic rings. The van der Waals surface area contributed by atoms with Crippen molar-refractivity contribution in [3.8, 4) is 0 Å². The van der Waals surface area contributed by atoms with Gasteiger partial charge in [0.15, 0.2) is 0 Å². The molecule has 0 saturated heterocycles. The van der Waals surface area contributed by atoms with Crippen molar-refractivity contribution in [2.75, 3.05) is 0 Å². The van der Waals surface area contributed by atoms with E-state index < -0.39 is 12.1 Å². The van der Waals surface area contributed by atoms with Gasteiger partial charge in [0.05, 0.1) is 0 Å². The second-order valence-electron chi connectivity index (χ2n) is 4.33. The smallest absolute Gasteiger partial charge is 0.408 e. The predicted molar refractivity (Wildman–Crippen MR) is 79.9 cm³/mol. The monoisotopic (exact) mass is 278 g/mol. The van der Waals surface area contributed by atoms with Gasteiger partial charge in [0.25, 0.3) is 0 Å². The van der Waals surface area contributed by atoms with Crippen LogP contribution >= 0.6 is 12.2 Å². The van der Waals surface area contributed by atoms with Crippen LogP contribution in [-0.2, 0) is 4.74 Å². The first-order valence-electron chi connectivity index (χ1n) is 5.99. The highest BCUT2D eigenvalue weighted by Crippen LogP contribution is 2.15. The highest BCUT2D eigenvalue weighted by molar-refractivity contribution is 7.80. The van der Waals surface area contributed by atoms with E-state index in [-0.39, 0.29) is 11.8 Å². The number of thiocarbonyl (C=S) groups is 1. The average Bonchev–Trinajstić information content (AvgIpc) is 2.36. The van der Waals surface area contributed by atoms with Crippen LogP contribution in [-0.4, -0.2) is 22.7 Å². The first-order chi connectivity index (χ1) is 8.91. The molecule has 0 spiro atoms. The lowest BCUT2D eigenvalue weighted by atomic mass is 10.1. The van der Waals surface area contributed by atoms with E-state index in [0.717, 1.165) is 5.56 Å². The molecule has 0 aromatic heterocycles. The van der Waals surface area contributed by atoms with Crippen molar-refractivity contribution >= 4 is 28.9 Å². The maximum absolute atomic E-state index is 11.8. The molecule has 1 amide bonds. The van der Waals surface area contributed by atoms with E-state index in [2.05, 4.69) is 5.32 Å². The summed E-state index contributed by atoms with van der Waals surface area (Å²) in [5.41, 5.74) is 1.21. The third kappa shape index (κ3) is 4.79. The number of rotatable bonds is 5. The second-order valence-corrected chi connectivity index (χ2v) is 4.97. The zero-order chi connectivity index (χ0) is 14.4. The van der Waals surface area contributed by atoms with Crippen molar-refractivity contribution in [3.05, 3.63) is 35.9 Å². The first kappa shape index (κ1) is 15.3. The number of amides is 1. The molecule has 102 valence electrons. The Hall–Kier alpha value is -1.75. The molecule has 0 fully saturated rings. The van der Waals surface area contributed by atoms with Gasteiger partial charge in [0.1, 0.15) is 12.1 Å². The molecule has 0 saturated carbocycles. The molecule has 2 atom stereocenters. The van der Waals surface area contributed by atoms with Gasteiger partial charge in [-0.2, -0.15) is 0 Å². The van der Waals surface area contributed by atoms with Crippen molar-refractivity contribution in [1.29, 1.82) is 5.41 Å². The molecular formula is C14H18N2O2S. The molecule has 1 rings (SSSR count). The number of carbonyl (C=O) groups excluding carboxylic acids is 1. The van der Waals surface area contributed by atoms with Gasteiger partial charge in [-0.25, -0.2) is 4.79 Å². The lowest BCUT2D eigenvalue weighted by Gasteiger charge is -2.19. The summed E-state index contributed by atoms with van der Waals surface area (Å²) >= 11 is 5.01. The zero-order valence-electron chi connectivity index (χ0n) is 11.3. The molecule has 5 heteroatoms. The summed E-state index contributed by atoms with van der Waals surface area (Å²) in [6.07, 6.45) is -0.921. The van der Waals surface area contributed by atoms with Crippen molar-refractivity contribution in [2.24, 2.45) is 0 Å². The Kier molecular flexibility index (Phi) is 5.63. The van der Waals surface area contributed by atoms with E-state index in [1.165, 1.54) is 0 Å². The lowest BCUT2D eigenvalue weighted by Crippen LogP contribution is -2.44. The summed E-state index contributed by atoms with van der Waals surface area (Å²) in [5.74, 6) is 0. The van der Waals surface area contributed by atoms with Crippen LogP contribution in [0.1, 0.15) is 32.4 Å². The van der Waals surface area contributed by atoms with E-state index in [9.17, 15) is 4.79 Å². The minimum absolute atomic E-state index is 0.289. The Morgan fingerprint density at radius 2 is 1.89 bits per heavy atom. The topological polar surface area (TPSA) is 62.2 Å². The molecule has 0 radical (unpaired) electrons. The Labute approximate surface area is 118 Å². The maximum atomic E-state index is 11.8. The highest BCUT2D eigenvalue weighted by Gasteiger charge is 2.19. The first-order valence-corrected chi connectivity index (χ1v) is 6.40. The third-order valence-electron chi connectivity index (χ3n) is 2.65. The van der Waals surface area contributed by atoms with Crippen LogP contribution in [0.4, 0.5) is 4.79 Å². The number of alkyl carbamates (subject to hydrolysis) is 1. The van der Waals surface area contributed by atoms with E-state index in [0.29, 0.717) is 4.86 Å². The van der Waals surface area contributed by atoms with Crippen LogP contribution in [0, 0.1) is 5.41 Å². The average molecular weight is 278 g/mol. The van der Waals surface area contributed by atoms with Gasteiger partial charge in [0, 0.05) is 10.6 Å². The van der Waals surface area contributed by atoms with Crippen LogP contribution in [0.3, 0.4) is 0 Å². The van der Waals surface area contributed by atoms with Gasteiger partial charge < -0.3 is 15.5 Å². The van der Waals surface area contributed by atoms with Crippen LogP contribution < -0.4 is 5.32 Å². The van der Waals surface area contributed by atoms with E-state index in [4.69, 9.17) is 22.4 Å². The van der Waals surface area contributed by atoms with Crippen molar-refractivity contribution in [3.63, 3.8) is 0 Å². The van der Waals surface area contributed by atoms with Crippen LogP contribution in [0.15, 0.2) is 30.3 Å². The number of hydrogen-bond acceptors (Lipinski definition) is 4. The van der Waals surface area contributed by atoms with Gasteiger partial charge in [-0.3, -0.25) is 0 Å². The fourth-order valence-electron chi connectivity index (χ4n) is 1.62. The highest BCUT2D eigenvalue weighted by atomic mass is 32.1. The molecule has 0 aliphatic carbocycles. The Morgan fingerprint density at radius 3 is 2.37 bits per heavy atom. The van der Waals surface area contributed by atoms with E-state index >= 15 is 0 Å². The van der Waals surface area contributed by atoms with Gasteiger partial charge in [0.2, 0.25) is 0 Å². The van der Waals surface area contributed by atoms with Gasteiger partial charge in [-0.05, 0) is 26.3 Å². The summed E-state index contributed by atoms with van der Waals surface area (Å²) in [5, 5.41) is 10.2. The SMILES string of the molecule is CC(=N)C(NC(=O)OC(C)c1ccccc1)C(C)=S. The van der Waals surface area contributed by atoms with Crippen LogP contribution in [0.5, 0.6) is 0 Å². The summed E-state index contributed by atoms with van der Waals surface area (Å²) in [6, 6.07) is 8.91. The third-order valence-corrected chi connectivity index (χ3v) is 2.89. The number of carbonyl (C=O) groups is 1. The quantitative estimate of drug-likeness (QED) is 0.642. The molecule has 0 aliphatic rings.